The Labute approximate surface area is 87.0 Å². The standard InChI is InChI=1S/C10H12N2O3/c11-5-4-8(13)10(15)6-2-1-3-7(12)9(6)14/h1-3,8,10,13-15H,4,12H2. The fraction of sp³-hybridized carbons (Fsp3) is 0.300. The van der Waals surface area contributed by atoms with Gasteiger partial charge in [-0.2, -0.15) is 5.26 Å². The van der Waals surface area contributed by atoms with Crippen LogP contribution in [0.5, 0.6) is 5.75 Å². The molecule has 1 aromatic carbocycles. The molecule has 80 valence electrons. The maximum absolute atomic E-state index is 9.61. The van der Waals surface area contributed by atoms with Gasteiger partial charge in [0.05, 0.1) is 24.3 Å². The Morgan fingerprint density at radius 3 is 2.67 bits per heavy atom. The van der Waals surface area contributed by atoms with Crippen molar-refractivity contribution in [3.63, 3.8) is 0 Å². The van der Waals surface area contributed by atoms with Crippen LogP contribution in [0.4, 0.5) is 5.69 Å². The van der Waals surface area contributed by atoms with Crippen LogP contribution in [0.1, 0.15) is 18.1 Å². The number of nitrogens with zero attached hydrogens (tertiary/aromatic N) is 1. The predicted octanol–water partition coefficient (Wildman–Crippen LogP) is 0.282. The van der Waals surface area contributed by atoms with Gasteiger partial charge in [0.15, 0.2) is 0 Å². The maximum Gasteiger partial charge on any atom is 0.144 e. The minimum atomic E-state index is -1.31. The number of phenols is 1. The first-order chi connectivity index (χ1) is 7.07. The molecule has 2 atom stereocenters. The van der Waals surface area contributed by atoms with E-state index >= 15 is 0 Å². The minimum absolute atomic E-state index is 0.121. The average Bonchev–Trinajstić information content (AvgIpc) is 2.21. The fourth-order valence-corrected chi connectivity index (χ4v) is 1.23. The lowest BCUT2D eigenvalue weighted by Gasteiger charge is -2.17. The molecule has 15 heavy (non-hydrogen) atoms. The van der Waals surface area contributed by atoms with Gasteiger partial charge in [-0.15, -0.1) is 0 Å². The third-order valence-corrected chi connectivity index (χ3v) is 2.08. The van der Waals surface area contributed by atoms with E-state index in [1.807, 2.05) is 0 Å². The number of anilines is 1. The number of aromatic hydroxyl groups is 1. The van der Waals surface area contributed by atoms with Crippen molar-refractivity contribution in [2.75, 3.05) is 5.73 Å². The van der Waals surface area contributed by atoms with Crippen LogP contribution in [0.25, 0.3) is 0 Å². The zero-order valence-corrected chi connectivity index (χ0v) is 7.96. The molecule has 1 rings (SSSR count). The van der Waals surface area contributed by atoms with Gasteiger partial charge in [-0.1, -0.05) is 12.1 Å². The Kier molecular flexibility index (Phi) is 3.50. The van der Waals surface area contributed by atoms with E-state index in [1.54, 1.807) is 12.1 Å². The molecule has 5 N–H and O–H groups in total. The van der Waals surface area contributed by atoms with E-state index in [9.17, 15) is 15.3 Å². The molecule has 5 heteroatoms. The summed E-state index contributed by atoms with van der Waals surface area (Å²) in [5.41, 5.74) is 5.67. The van der Waals surface area contributed by atoms with Crippen molar-refractivity contribution in [1.29, 1.82) is 5.26 Å². The van der Waals surface area contributed by atoms with Crippen molar-refractivity contribution in [3.8, 4) is 11.8 Å². The summed E-state index contributed by atoms with van der Waals surface area (Å²) in [5.74, 6) is -0.262. The maximum atomic E-state index is 9.61. The van der Waals surface area contributed by atoms with Gasteiger partial charge in [0.2, 0.25) is 0 Å². The summed E-state index contributed by atoms with van der Waals surface area (Å²) in [6, 6.07) is 6.19. The largest absolute Gasteiger partial charge is 0.505 e. The van der Waals surface area contributed by atoms with E-state index in [1.165, 1.54) is 12.1 Å². The molecule has 1 aromatic rings. The van der Waals surface area contributed by atoms with E-state index in [0.29, 0.717) is 0 Å². The summed E-state index contributed by atoms with van der Waals surface area (Å²) in [7, 11) is 0. The number of aliphatic hydroxyl groups excluding tert-OH is 2. The molecular formula is C10H12N2O3. The number of hydrogen-bond donors (Lipinski definition) is 4. The van der Waals surface area contributed by atoms with Crippen LogP contribution in [0, 0.1) is 11.3 Å². The number of nitriles is 1. The number of aliphatic hydroxyl groups is 2. The molecular weight excluding hydrogens is 196 g/mol. The zero-order chi connectivity index (χ0) is 11.4. The molecule has 0 aliphatic rings. The summed E-state index contributed by atoms with van der Waals surface area (Å²) in [6.45, 7) is 0. The number of phenolic OH excluding ortho intramolecular Hbond substituents is 1. The zero-order valence-electron chi connectivity index (χ0n) is 7.96. The second-order valence-corrected chi connectivity index (χ2v) is 3.16. The van der Waals surface area contributed by atoms with Gasteiger partial charge in [-0.05, 0) is 6.07 Å². The van der Waals surface area contributed by atoms with Gasteiger partial charge >= 0.3 is 0 Å². The molecule has 0 heterocycles. The third kappa shape index (κ3) is 2.37. The summed E-state index contributed by atoms with van der Waals surface area (Å²) >= 11 is 0. The monoisotopic (exact) mass is 208 g/mol. The van der Waals surface area contributed by atoms with Crippen LogP contribution >= 0.6 is 0 Å². The highest BCUT2D eigenvalue weighted by atomic mass is 16.3. The van der Waals surface area contributed by atoms with E-state index in [4.69, 9.17) is 11.0 Å². The normalized spacial score (nSPS) is 14.2. The van der Waals surface area contributed by atoms with Gasteiger partial charge < -0.3 is 21.1 Å². The SMILES string of the molecule is N#CCC(O)C(O)c1cccc(N)c1O. The van der Waals surface area contributed by atoms with Crippen LogP contribution in [-0.2, 0) is 0 Å². The van der Waals surface area contributed by atoms with Crippen molar-refractivity contribution in [2.45, 2.75) is 18.6 Å². The smallest absolute Gasteiger partial charge is 0.144 e. The lowest BCUT2D eigenvalue weighted by molar-refractivity contribution is 0.0203. The highest BCUT2D eigenvalue weighted by Gasteiger charge is 2.21. The highest BCUT2D eigenvalue weighted by Crippen LogP contribution is 2.31. The highest BCUT2D eigenvalue weighted by molar-refractivity contribution is 5.56. The molecule has 0 fully saturated rings. The Hall–Kier alpha value is -1.77. The van der Waals surface area contributed by atoms with Crippen molar-refractivity contribution >= 4 is 5.69 Å². The molecule has 0 bridgehead atoms. The van der Waals surface area contributed by atoms with E-state index in [0.717, 1.165) is 0 Å². The lowest BCUT2D eigenvalue weighted by Crippen LogP contribution is -2.17. The number of rotatable bonds is 3. The van der Waals surface area contributed by atoms with Crippen LogP contribution in [0.2, 0.25) is 0 Å². The first kappa shape index (κ1) is 11.3. The summed E-state index contributed by atoms with van der Waals surface area (Å²) in [6.07, 6.45) is -2.76. The van der Waals surface area contributed by atoms with E-state index in [-0.39, 0.29) is 23.4 Å². The van der Waals surface area contributed by atoms with Gasteiger partial charge in [0.1, 0.15) is 11.9 Å². The Bertz CT molecular complexity index is 387. The van der Waals surface area contributed by atoms with Crippen molar-refractivity contribution in [1.82, 2.24) is 0 Å². The van der Waals surface area contributed by atoms with Crippen LogP contribution < -0.4 is 5.73 Å². The van der Waals surface area contributed by atoms with Crippen molar-refractivity contribution in [3.05, 3.63) is 23.8 Å². The number of hydrogen-bond acceptors (Lipinski definition) is 5. The summed E-state index contributed by atoms with van der Waals surface area (Å²) in [5, 5.41) is 36.8. The van der Waals surface area contributed by atoms with E-state index < -0.39 is 12.2 Å². The van der Waals surface area contributed by atoms with Crippen LogP contribution in [0.15, 0.2) is 18.2 Å². The fourth-order valence-electron chi connectivity index (χ4n) is 1.23. The van der Waals surface area contributed by atoms with Gasteiger partial charge in [-0.25, -0.2) is 0 Å². The average molecular weight is 208 g/mol. The van der Waals surface area contributed by atoms with Gasteiger partial charge in [0.25, 0.3) is 0 Å². The molecule has 0 spiro atoms. The second kappa shape index (κ2) is 4.64. The van der Waals surface area contributed by atoms with Crippen LogP contribution in [-0.4, -0.2) is 21.4 Å². The molecule has 0 saturated carbocycles. The Morgan fingerprint density at radius 2 is 2.07 bits per heavy atom. The molecule has 0 aliphatic heterocycles. The Balaban J connectivity index is 2.96. The summed E-state index contributed by atoms with van der Waals surface area (Å²) in [4.78, 5) is 0. The first-order valence-electron chi connectivity index (χ1n) is 4.38. The first-order valence-corrected chi connectivity index (χ1v) is 4.38. The predicted molar refractivity (Wildman–Crippen MR) is 53.7 cm³/mol. The van der Waals surface area contributed by atoms with Crippen molar-refractivity contribution in [2.24, 2.45) is 0 Å². The van der Waals surface area contributed by atoms with Gasteiger partial charge in [-0.3, -0.25) is 0 Å². The molecule has 5 nitrogen and oxygen atoms in total. The number of nitrogen functional groups attached to an aromatic ring is 1. The quantitative estimate of drug-likeness (QED) is 0.421. The third-order valence-electron chi connectivity index (χ3n) is 2.08. The van der Waals surface area contributed by atoms with E-state index in [2.05, 4.69) is 0 Å². The lowest BCUT2D eigenvalue weighted by atomic mass is 10.0. The summed E-state index contributed by atoms with van der Waals surface area (Å²) < 4.78 is 0. The van der Waals surface area contributed by atoms with Gasteiger partial charge in [0, 0.05) is 5.56 Å². The molecule has 2 unspecified atom stereocenters. The molecule has 0 radical (unpaired) electrons. The second-order valence-electron chi connectivity index (χ2n) is 3.16. The Morgan fingerprint density at radius 1 is 1.40 bits per heavy atom. The molecule has 0 aliphatic carbocycles. The number of benzene rings is 1. The van der Waals surface area contributed by atoms with Crippen LogP contribution in [0.3, 0.4) is 0 Å². The number of para-hydroxylation sites is 1. The minimum Gasteiger partial charge on any atom is -0.505 e. The molecule has 0 aromatic heterocycles. The topological polar surface area (TPSA) is 110 Å². The molecule has 0 saturated heterocycles. The number of nitrogens with two attached hydrogens (primary N) is 1. The molecule has 0 amide bonds. The van der Waals surface area contributed by atoms with Crippen molar-refractivity contribution < 1.29 is 15.3 Å².